The lowest BCUT2D eigenvalue weighted by molar-refractivity contribution is -0.143. The van der Waals surface area contributed by atoms with Gasteiger partial charge in [-0.1, -0.05) is 51.9 Å². The fraction of sp³-hybridized carbons (Fsp3) is 0.812. The van der Waals surface area contributed by atoms with Gasteiger partial charge in [-0.25, -0.2) is 0 Å². The maximum Gasteiger partial charge on any atom is 0.328 e. The van der Waals surface area contributed by atoms with Crippen molar-refractivity contribution in [3.05, 3.63) is 0 Å². The van der Waals surface area contributed by atoms with E-state index in [0.717, 1.165) is 6.42 Å². The first kappa shape index (κ1) is 18.6. The molecule has 114 valence electrons. The number of esters is 1. The highest BCUT2D eigenvalue weighted by Crippen LogP contribution is 2.08. The van der Waals surface area contributed by atoms with Crippen LogP contribution in [0.1, 0.15) is 65.2 Å². The second kappa shape index (κ2) is 14.0. The van der Waals surface area contributed by atoms with E-state index in [2.05, 4.69) is 11.9 Å². The third kappa shape index (κ3) is 10.5. The number of hydrogen-bond acceptors (Lipinski definition) is 4. The molecule has 0 saturated heterocycles. The SMILES string of the molecule is CCCCCCCCCCN=CC(C#N)C(=O)OCC. The molecule has 0 aromatic rings. The van der Waals surface area contributed by atoms with Crippen molar-refractivity contribution >= 4 is 12.2 Å². The van der Waals surface area contributed by atoms with Crippen LogP contribution in [0.3, 0.4) is 0 Å². The van der Waals surface area contributed by atoms with Gasteiger partial charge in [0.25, 0.3) is 0 Å². The molecule has 0 bridgehead atoms. The van der Waals surface area contributed by atoms with E-state index < -0.39 is 11.9 Å². The zero-order valence-electron chi connectivity index (χ0n) is 12.9. The molecule has 4 heteroatoms. The summed E-state index contributed by atoms with van der Waals surface area (Å²) in [6.07, 6.45) is 11.5. The number of nitrogens with zero attached hydrogens (tertiary/aromatic N) is 2. The molecule has 20 heavy (non-hydrogen) atoms. The summed E-state index contributed by atoms with van der Waals surface area (Å²) in [5.74, 6) is -1.36. The summed E-state index contributed by atoms with van der Waals surface area (Å²) in [6, 6.07) is 1.89. The Kier molecular flexibility index (Phi) is 13.1. The molecule has 0 amide bonds. The van der Waals surface area contributed by atoms with Crippen LogP contribution in [-0.4, -0.2) is 25.3 Å². The van der Waals surface area contributed by atoms with Gasteiger partial charge in [0.15, 0.2) is 5.92 Å². The lowest BCUT2D eigenvalue weighted by Crippen LogP contribution is -2.17. The van der Waals surface area contributed by atoms with Crippen molar-refractivity contribution in [2.24, 2.45) is 10.9 Å². The Balaban J connectivity index is 3.55. The van der Waals surface area contributed by atoms with Crippen molar-refractivity contribution in [2.45, 2.75) is 65.2 Å². The van der Waals surface area contributed by atoms with E-state index in [4.69, 9.17) is 10.00 Å². The van der Waals surface area contributed by atoms with Crippen LogP contribution in [0.15, 0.2) is 4.99 Å². The molecule has 0 rings (SSSR count). The number of ether oxygens (including phenoxy) is 1. The highest BCUT2D eigenvalue weighted by Gasteiger charge is 2.15. The van der Waals surface area contributed by atoms with Crippen LogP contribution >= 0.6 is 0 Å². The monoisotopic (exact) mass is 280 g/mol. The second-order valence-electron chi connectivity index (χ2n) is 4.89. The molecule has 0 saturated carbocycles. The van der Waals surface area contributed by atoms with Gasteiger partial charge >= 0.3 is 5.97 Å². The minimum Gasteiger partial charge on any atom is -0.465 e. The first-order valence-electron chi connectivity index (χ1n) is 7.82. The number of carbonyl (C=O) groups excluding carboxylic acids is 1. The molecule has 0 spiro atoms. The standard InChI is InChI=1S/C16H28N2O2/c1-3-5-6-7-8-9-10-11-12-18-14-15(13-17)16(19)20-4-2/h14-15H,3-12H2,1-2H3. The van der Waals surface area contributed by atoms with Crippen LogP contribution in [0.4, 0.5) is 0 Å². The zero-order valence-corrected chi connectivity index (χ0v) is 12.9. The van der Waals surface area contributed by atoms with Gasteiger partial charge in [0, 0.05) is 12.8 Å². The van der Waals surface area contributed by atoms with E-state index in [-0.39, 0.29) is 0 Å². The summed E-state index contributed by atoms with van der Waals surface area (Å²) in [5.41, 5.74) is 0. The first-order valence-corrected chi connectivity index (χ1v) is 7.82. The molecule has 0 aliphatic rings. The van der Waals surface area contributed by atoms with Crippen LogP contribution in [0.2, 0.25) is 0 Å². The van der Waals surface area contributed by atoms with E-state index in [1.165, 1.54) is 51.2 Å². The maximum absolute atomic E-state index is 11.3. The first-order chi connectivity index (χ1) is 9.76. The van der Waals surface area contributed by atoms with Gasteiger partial charge in [-0.15, -0.1) is 0 Å². The van der Waals surface area contributed by atoms with Crippen molar-refractivity contribution in [3.63, 3.8) is 0 Å². The number of carbonyl (C=O) groups is 1. The molecule has 0 N–H and O–H groups in total. The Bertz CT molecular complexity index is 308. The fourth-order valence-electron chi connectivity index (χ4n) is 1.90. The van der Waals surface area contributed by atoms with Crippen LogP contribution < -0.4 is 0 Å². The molecule has 0 aromatic carbocycles. The molecule has 0 heterocycles. The van der Waals surface area contributed by atoms with Gasteiger partial charge in [-0.2, -0.15) is 5.26 Å². The molecule has 0 radical (unpaired) electrons. The Labute approximate surface area is 123 Å². The van der Waals surface area contributed by atoms with Gasteiger partial charge in [0.2, 0.25) is 0 Å². The van der Waals surface area contributed by atoms with Crippen molar-refractivity contribution in [1.29, 1.82) is 5.26 Å². The molecule has 0 fully saturated rings. The van der Waals surface area contributed by atoms with Gasteiger partial charge in [0.05, 0.1) is 12.7 Å². The van der Waals surface area contributed by atoms with Gasteiger partial charge in [0.1, 0.15) is 0 Å². The molecular weight excluding hydrogens is 252 g/mol. The van der Waals surface area contributed by atoms with E-state index in [0.29, 0.717) is 13.2 Å². The van der Waals surface area contributed by atoms with E-state index in [1.807, 2.05) is 6.07 Å². The van der Waals surface area contributed by atoms with Crippen LogP contribution in [0.5, 0.6) is 0 Å². The molecule has 0 aliphatic carbocycles. The third-order valence-corrected chi connectivity index (χ3v) is 3.07. The molecule has 0 aliphatic heterocycles. The number of hydrogen-bond donors (Lipinski definition) is 0. The highest BCUT2D eigenvalue weighted by atomic mass is 16.5. The number of rotatable bonds is 12. The van der Waals surface area contributed by atoms with Crippen molar-refractivity contribution < 1.29 is 9.53 Å². The Morgan fingerprint density at radius 2 is 1.75 bits per heavy atom. The quantitative estimate of drug-likeness (QED) is 0.309. The zero-order chi connectivity index (χ0) is 15.1. The minimum absolute atomic E-state index is 0.295. The summed E-state index contributed by atoms with van der Waals surface area (Å²) in [6.45, 7) is 4.93. The van der Waals surface area contributed by atoms with Crippen LogP contribution in [0.25, 0.3) is 0 Å². The summed E-state index contributed by atoms with van der Waals surface area (Å²) in [7, 11) is 0. The van der Waals surface area contributed by atoms with E-state index in [9.17, 15) is 4.79 Å². The Morgan fingerprint density at radius 3 is 2.30 bits per heavy atom. The lowest BCUT2D eigenvalue weighted by atomic mass is 10.1. The maximum atomic E-state index is 11.3. The lowest BCUT2D eigenvalue weighted by Gasteiger charge is -2.03. The molecule has 4 nitrogen and oxygen atoms in total. The van der Waals surface area contributed by atoms with Crippen LogP contribution in [0, 0.1) is 17.2 Å². The summed E-state index contributed by atoms with van der Waals surface area (Å²) in [5, 5.41) is 8.82. The smallest absolute Gasteiger partial charge is 0.328 e. The number of aliphatic imine (C=N–C) groups is 1. The Hall–Kier alpha value is -1.37. The largest absolute Gasteiger partial charge is 0.465 e. The normalized spacial score (nSPS) is 12.2. The predicted molar refractivity (Wildman–Crippen MR) is 81.7 cm³/mol. The van der Waals surface area contributed by atoms with Crippen molar-refractivity contribution in [1.82, 2.24) is 0 Å². The minimum atomic E-state index is -0.857. The molecule has 1 atom stereocenters. The third-order valence-electron chi connectivity index (χ3n) is 3.07. The summed E-state index contributed by atoms with van der Waals surface area (Å²) >= 11 is 0. The average molecular weight is 280 g/mol. The van der Waals surface area contributed by atoms with Crippen LogP contribution in [-0.2, 0) is 9.53 Å². The molecule has 0 aromatic heterocycles. The Morgan fingerprint density at radius 1 is 1.15 bits per heavy atom. The molecule has 1 unspecified atom stereocenters. The summed E-state index contributed by atoms with van der Waals surface area (Å²) < 4.78 is 4.78. The molecular formula is C16H28N2O2. The van der Waals surface area contributed by atoms with Gasteiger partial charge in [-0.3, -0.25) is 9.79 Å². The average Bonchev–Trinajstić information content (AvgIpc) is 2.45. The van der Waals surface area contributed by atoms with Crippen molar-refractivity contribution in [2.75, 3.05) is 13.2 Å². The van der Waals surface area contributed by atoms with Gasteiger partial charge < -0.3 is 4.74 Å². The second-order valence-corrected chi connectivity index (χ2v) is 4.89. The number of nitriles is 1. The predicted octanol–water partition coefficient (Wildman–Crippen LogP) is 3.90. The van der Waals surface area contributed by atoms with E-state index >= 15 is 0 Å². The number of unbranched alkanes of at least 4 members (excludes halogenated alkanes) is 7. The van der Waals surface area contributed by atoms with Crippen molar-refractivity contribution in [3.8, 4) is 6.07 Å². The highest BCUT2D eigenvalue weighted by molar-refractivity contribution is 5.92. The fourth-order valence-corrected chi connectivity index (χ4v) is 1.90. The summed E-state index contributed by atoms with van der Waals surface area (Å²) in [4.78, 5) is 15.5. The topological polar surface area (TPSA) is 62.5 Å². The van der Waals surface area contributed by atoms with Gasteiger partial charge in [-0.05, 0) is 13.3 Å². The van der Waals surface area contributed by atoms with E-state index in [1.54, 1.807) is 6.92 Å².